The van der Waals surface area contributed by atoms with Crippen molar-refractivity contribution in [2.45, 2.75) is 46.6 Å². The van der Waals surface area contributed by atoms with Gasteiger partial charge in [-0.3, -0.25) is 0 Å². The number of hydrogen-bond acceptors (Lipinski definition) is 1. The fourth-order valence-corrected chi connectivity index (χ4v) is 1.79. The molecule has 0 spiro atoms. The second-order valence-electron chi connectivity index (χ2n) is 3.85. The Labute approximate surface area is 93.5 Å². The predicted octanol–water partition coefficient (Wildman–Crippen LogP) is 4.06. The summed E-state index contributed by atoms with van der Waals surface area (Å²) < 4.78 is 5.86. The van der Waals surface area contributed by atoms with E-state index >= 15 is 0 Å². The molecule has 1 aliphatic heterocycles. The molecule has 2 atom stereocenters. The van der Waals surface area contributed by atoms with E-state index in [9.17, 15) is 0 Å². The smallest absolute Gasteiger partial charge is 0.123 e. The summed E-state index contributed by atoms with van der Waals surface area (Å²) in [4.78, 5) is 0. The summed E-state index contributed by atoms with van der Waals surface area (Å²) >= 11 is 0. The zero-order valence-electron chi connectivity index (χ0n) is 10.3. The average molecular weight is 206 g/mol. The van der Waals surface area contributed by atoms with E-state index in [0.717, 1.165) is 12.2 Å². The van der Waals surface area contributed by atoms with Crippen LogP contribution in [0.5, 0.6) is 5.75 Å². The van der Waals surface area contributed by atoms with Crippen molar-refractivity contribution >= 4 is 0 Å². The summed E-state index contributed by atoms with van der Waals surface area (Å²) in [5.41, 5.74) is 1.37. The highest BCUT2D eigenvalue weighted by molar-refractivity contribution is 5.37. The average Bonchev–Trinajstić information content (AvgIpc) is 2.74. The molecule has 1 heteroatoms. The maximum absolute atomic E-state index is 5.86. The molecule has 0 bridgehead atoms. The van der Waals surface area contributed by atoms with Crippen LogP contribution in [0.2, 0.25) is 0 Å². The van der Waals surface area contributed by atoms with Crippen molar-refractivity contribution in [3.05, 3.63) is 29.8 Å². The largest absolute Gasteiger partial charge is 0.490 e. The maximum atomic E-state index is 5.86. The van der Waals surface area contributed by atoms with Gasteiger partial charge in [-0.15, -0.1) is 0 Å². The number of para-hydroxylation sites is 1. The van der Waals surface area contributed by atoms with E-state index in [-0.39, 0.29) is 0 Å². The first kappa shape index (κ1) is 12.1. The van der Waals surface area contributed by atoms with Gasteiger partial charge in [0.25, 0.3) is 0 Å². The molecule has 1 heterocycles. The Bertz CT molecular complexity index is 268. The van der Waals surface area contributed by atoms with Crippen molar-refractivity contribution in [3.63, 3.8) is 0 Å². The highest BCUT2D eigenvalue weighted by Crippen LogP contribution is 2.31. The number of rotatable bonds is 2. The van der Waals surface area contributed by atoms with Crippen LogP contribution >= 0.6 is 0 Å². The van der Waals surface area contributed by atoms with E-state index in [1.165, 1.54) is 12.0 Å². The van der Waals surface area contributed by atoms with Gasteiger partial charge in [0, 0.05) is 6.42 Å². The minimum atomic E-state index is 0.405. The summed E-state index contributed by atoms with van der Waals surface area (Å²) in [6.45, 7) is 8.48. The topological polar surface area (TPSA) is 9.23 Å². The van der Waals surface area contributed by atoms with E-state index in [4.69, 9.17) is 4.74 Å². The van der Waals surface area contributed by atoms with Crippen LogP contribution in [0.3, 0.4) is 0 Å². The van der Waals surface area contributed by atoms with E-state index in [1.807, 2.05) is 19.9 Å². The molecule has 0 N–H and O–H groups in total. The Balaban J connectivity index is 0.000000531. The fraction of sp³-hybridized carbons (Fsp3) is 0.571. The first-order chi connectivity index (χ1) is 7.31. The van der Waals surface area contributed by atoms with Crippen molar-refractivity contribution < 1.29 is 4.74 Å². The van der Waals surface area contributed by atoms with E-state index < -0.39 is 0 Å². The van der Waals surface area contributed by atoms with Crippen molar-refractivity contribution in [2.75, 3.05) is 0 Å². The minimum Gasteiger partial charge on any atom is -0.490 e. The third-order valence-electron chi connectivity index (χ3n) is 2.95. The molecule has 0 saturated carbocycles. The number of ether oxygens (including phenoxy) is 1. The summed E-state index contributed by atoms with van der Waals surface area (Å²) in [6.07, 6.45) is 2.69. The van der Waals surface area contributed by atoms with Crippen LogP contribution in [0.1, 0.15) is 39.7 Å². The molecule has 0 fully saturated rings. The molecule has 0 aromatic heterocycles. The van der Waals surface area contributed by atoms with E-state index in [0.29, 0.717) is 12.0 Å². The molecule has 0 amide bonds. The van der Waals surface area contributed by atoms with Crippen LogP contribution in [0.15, 0.2) is 24.3 Å². The predicted molar refractivity (Wildman–Crippen MR) is 65.4 cm³/mol. The summed E-state index contributed by atoms with van der Waals surface area (Å²) in [5, 5.41) is 0. The standard InChI is InChI=1S/C12H16O.C2H6/c1-3-9(2)12-8-10-6-4-5-7-11(10)13-12;1-2/h4-7,9,12H,3,8H2,1-2H3;1-2H3. The van der Waals surface area contributed by atoms with Crippen molar-refractivity contribution in [2.24, 2.45) is 5.92 Å². The lowest BCUT2D eigenvalue weighted by molar-refractivity contribution is 0.166. The Morgan fingerprint density at radius 3 is 2.60 bits per heavy atom. The molecule has 0 aliphatic carbocycles. The quantitative estimate of drug-likeness (QED) is 0.709. The Hall–Kier alpha value is -0.980. The van der Waals surface area contributed by atoms with Gasteiger partial charge in [-0.25, -0.2) is 0 Å². The fourth-order valence-electron chi connectivity index (χ4n) is 1.79. The maximum Gasteiger partial charge on any atom is 0.123 e. The van der Waals surface area contributed by atoms with Gasteiger partial charge in [-0.05, 0) is 17.5 Å². The summed E-state index contributed by atoms with van der Waals surface area (Å²) in [7, 11) is 0. The number of benzene rings is 1. The summed E-state index contributed by atoms with van der Waals surface area (Å²) in [6, 6.07) is 8.36. The van der Waals surface area contributed by atoms with Crippen LogP contribution in [0.25, 0.3) is 0 Å². The molecular formula is C14H22O. The number of fused-ring (bicyclic) bond motifs is 1. The van der Waals surface area contributed by atoms with Crippen LogP contribution in [-0.2, 0) is 6.42 Å². The van der Waals surface area contributed by atoms with Gasteiger partial charge < -0.3 is 4.74 Å². The highest BCUT2D eigenvalue weighted by Gasteiger charge is 2.25. The SMILES string of the molecule is CC.CCC(C)C1Cc2ccccc2O1. The third kappa shape index (κ3) is 2.74. The molecule has 2 rings (SSSR count). The zero-order valence-corrected chi connectivity index (χ0v) is 10.3. The zero-order chi connectivity index (χ0) is 11.3. The molecule has 1 aliphatic rings. The normalized spacial score (nSPS) is 19.6. The molecule has 1 nitrogen and oxygen atoms in total. The van der Waals surface area contributed by atoms with Gasteiger partial charge in [0.2, 0.25) is 0 Å². The first-order valence-electron chi connectivity index (χ1n) is 6.06. The lowest BCUT2D eigenvalue weighted by Gasteiger charge is -2.16. The molecule has 0 saturated heterocycles. The monoisotopic (exact) mass is 206 g/mol. The third-order valence-corrected chi connectivity index (χ3v) is 2.95. The molecule has 0 radical (unpaired) electrons. The van der Waals surface area contributed by atoms with E-state index in [2.05, 4.69) is 32.0 Å². The molecule has 84 valence electrons. The lowest BCUT2D eigenvalue weighted by Crippen LogP contribution is -2.21. The van der Waals surface area contributed by atoms with Crippen LogP contribution in [0.4, 0.5) is 0 Å². The molecule has 1 aromatic carbocycles. The van der Waals surface area contributed by atoms with Crippen LogP contribution in [0, 0.1) is 5.92 Å². The first-order valence-corrected chi connectivity index (χ1v) is 6.06. The molecule has 1 aromatic rings. The van der Waals surface area contributed by atoms with Gasteiger partial charge in [-0.1, -0.05) is 52.3 Å². The van der Waals surface area contributed by atoms with Crippen LogP contribution < -0.4 is 4.74 Å². The lowest BCUT2D eigenvalue weighted by atomic mass is 9.98. The van der Waals surface area contributed by atoms with Crippen molar-refractivity contribution in [1.82, 2.24) is 0 Å². The Morgan fingerprint density at radius 1 is 1.33 bits per heavy atom. The van der Waals surface area contributed by atoms with Gasteiger partial charge in [0.05, 0.1) is 0 Å². The molecule has 15 heavy (non-hydrogen) atoms. The second-order valence-corrected chi connectivity index (χ2v) is 3.85. The Kier molecular flexibility index (Phi) is 4.67. The van der Waals surface area contributed by atoms with Gasteiger partial charge in [-0.2, -0.15) is 0 Å². The Morgan fingerprint density at radius 2 is 2.00 bits per heavy atom. The minimum absolute atomic E-state index is 0.405. The van der Waals surface area contributed by atoms with Crippen LogP contribution in [-0.4, -0.2) is 6.10 Å². The highest BCUT2D eigenvalue weighted by atomic mass is 16.5. The molecule has 2 unspecified atom stereocenters. The van der Waals surface area contributed by atoms with Crippen molar-refractivity contribution in [1.29, 1.82) is 0 Å². The van der Waals surface area contributed by atoms with Gasteiger partial charge >= 0.3 is 0 Å². The second kappa shape index (κ2) is 5.79. The van der Waals surface area contributed by atoms with Gasteiger partial charge in [0.1, 0.15) is 11.9 Å². The van der Waals surface area contributed by atoms with Crippen molar-refractivity contribution in [3.8, 4) is 5.75 Å². The van der Waals surface area contributed by atoms with E-state index in [1.54, 1.807) is 0 Å². The van der Waals surface area contributed by atoms with Gasteiger partial charge in [0.15, 0.2) is 0 Å². The summed E-state index contributed by atoms with van der Waals surface area (Å²) in [5.74, 6) is 1.75. The number of hydrogen-bond donors (Lipinski definition) is 0. The molecular weight excluding hydrogens is 184 g/mol.